The minimum atomic E-state index is -0.487. The molecule has 0 amide bonds. The van der Waals surface area contributed by atoms with Crippen LogP contribution in [0.4, 0.5) is 5.13 Å². The van der Waals surface area contributed by atoms with E-state index in [0.717, 1.165) is 18.4 Å². The SMILES string of the molecule is CCCCn1nnnc1COC(=O)c1csc(NCc2ccccc2)n1. The third kappa shape index (κ3) is 4.85. The van der Waals surface area contributed by atoms with Crippen molar-refractivity contribution in [2.45, 2.75) is 39.5 Å². The van der Waals surface area contributed by atoms with Crippen LogP contribution in [0.5, 0.6) is 0 Å². The van der Waals surface area contributed by atoms with Gasteiger partial charge in [0.15, 0.2) is 23.3 Å². The van der Waals surface area contributed by atoms with E-state index < -0.39 is 5.97 Å². The Hall–Kier alpha value is -2.81. The molecule has 0 saturated carbocycles. The molecule has 0 bridgehead atoms. The highest BCUT2D eigenvalue weighted by atomic mass is 32.1. The molecule has 0 saturated heterocycles. The smallest absolute Gasteiger partial charge is 0.358 e. The van der Waals surface area contributed by atoms with Gasteiger partial charge in [0, 0.05) is 18.5 Å². The van der Waals surface area contributed by atoms with Crippen molar-refractivity contribution in [2.24, 2.45) is 0 Å². The summed E-state index contributed by atoms with van der Waals surface area (Å²) in [6, 6.07) is 9.99. The minimum absolute atomic E-state index is 0.0276. The van der Waals surface area contributed by atoms with E-state index in [4.69, 9.17) is 4.74 Å². The van der Waals surface area contributed by atoms with E-state index >= 15 is 0 Å². The number of nitrogens with one attached hydrogen (secondary N) is 1. The minimum Gasteiger partial charge on any atom is -0.453 e. The summed E-state index contributed by atoms with van der Waals surface area (Å²) in [7, 11) is 0. The average Bonchev–Trinajstić information content (AvgIpc) is 3.33. The number of hydrogen-bond donors (Lipinski definition) is 1. The number of anilines is 1. The molecule has 8 nitrogen and oxygen atoms in total. The molecule has 1 N–H and O–H groups in total. The highest BCUT2D eigenvalue weighted by Gasteiger charge is 2.14. The topological polar surface area (TPSA) is 94.8 Å². The second-order valence-electron chi connectivity index (χ2n) is 5.62. The van der Waals surface area contributed by atoms with E-state index in [-0.39, 0.29) is 12.3 Å². The van der Waals surface area contributed by atoms with E-state index in [1.807, 2.05) is 30.3 Å². The van der Waals surface area contributed by atoms with Crippen molar-refractivity contribution in [3.63, 3.8) is 0 Å². The standard InChI is InChI=1S/C17H20N6O2S/c1-2-3-9-23-15(20-21-22-23)11-25-16(24)14-12-26-17(19-14)18-10-13-7-5-4-6-8-13/h4-8,12H,2-3,9-11H2,1H3,(H,18,19). The van der Waals surface area contributed by atoms with Crippen LogP contribution in [0.1, 0.15) is 41.6 Å². The number of aromatic nitrogens is 5. The first-order valence-electron chi connectivity index (χ1n) is 8.41. The lowest BCUT2D eigenvalue weighted by Gasteiger charge is -2.04. The molecule has 0 radical (unpaired) electrons. The van der Waals surface area contributed by atoms with E-state index in [0.29, 0.717) is 24.0 Å². The van der Waals surface area contributed by atoms with Crippen molar-refractivity contribution in [2.75, 3.05) is 5.32 Å². The molecular weight excluding hydrogens is 352 g/mol. The van der Waals surface area contributed by atoms with E-state index in [1.54, 1.807) is 10.1 Å². The molecule has 26 heavy (non-hydrogen) atoms. The summed E-state index contributed by atoms with van der Waals surface area (Å²) >= 11 is 1.37. The second-order valence-corrected chi connectivity index (χ2v) is 6.48. The summed E-state index contributed by atoms with van der Waals surface area (Å²) in [6.45, 7) is 3.48. The Bertz CT molecular complexity index is 833. The van der Waals surface area contributed by atoms with Gasteiger partial charge >= 0.3 is 5.97 Å². The number of rotatable bonds is 9. The molecule has 136 valence electrons. The van der Waals surface area contributed by atoms with Crippen molar-refractivity contribution >= 4 is 22.4 Å². The fourth-order valence-corrected chi connectivity index (χ4v) is 2.91. The molecule has 0 aliphatic rings. The van der Waals surface area contributed by atoms with Crippen LogP contribution < -0.4 is 5.32 Å². The fraction of sp³-hybridized carbons (Fsp3) is 0.353. The molecule has 2 heterocycles. The Morgan fingerprint density at radius 1 is 1.31 bits per heavy atom. The van der Waals surface area contributed by atoms with Gasteiger partial charge in [0.2, 0.25) is 0 Å². The van der Waals surface area contributed by atoms with Crippen molar-refractivity contribution < 1.29 is 9.53 Å². The average molecular weight is 372 g/mol. The predicted octanol–water partition coefficient (Wildman–Crippen LogP) is 2.90. The number of carbonyl (C=O) groups is 1. The fourth-order valence-electron chi connectivity index (χ4n) is 2.23. The molecule has 0 spiro atoms. The number of hydrogen-bond acceptors (Lipinski definition) is 8. The Balaban J connectivity index is 1.51. The summed E-state index contributed by atoms with van der Waals surface area (Å²) in [5, 5.41) is 17.0. The molecule has 2 aromatic heterocycles. The van der Waals surface area contributed by atoms with Gasteiger partial charge in [-0.3, -0.25) is 0 Å². The number of esters is 1. The normalized spacial score (nSPS) is 10.7. The van der Waals surface area contributed by atoms with Gasteiger partial charge in [-0.15, -0.1) is 16.4 Å². The zero-order valence-electron chi connectivity index (χ0n) is 14.5. The van der Waals surface area contributed by atoms with Crippen molar-refractivity contribution in [1.29, 1.82) is 0 Å². The number of unbranched alkanes of at least 4 members (excludes halogenated alkanes) is 1. The predicted molar refractivity (Wildman–Crippen MR) is 97.7 cm³/mol. The van der Waals surface area contributed by atoms with Gasteiger partial charge in [-0.1, -0.05) is 43.7 Å². The van der Waals surface area contributed by atoms with Crippen LogP contribution in [0.3, 0.4) is 0 Å². The van der Waals surface area contributed by atoms with Gasteiger partial charge in [-0.05, 0) is 22.4 Å². The van der Waals surface area contributed by atoms with Crippen molar-refractivity contribution in [3.8, 4) is 0 Å². The molecule has 1 aromatic carbocycles. The molecular formula is C17H20N6O2S. The van der Waals surface area contributed by atoms with E-state index in [2.05, 4.69) is 32.7 Å². The van der Waals surface area contributed by atoms with Gasteiger partial charge < -0.3 is 10.1 Å². The Morgan fingerprint density at radius 2 is 2.15 bits per heavy atom. The maximum absolute atomic E-state index is 12.2. The van der Waals surface area contributed by atoms with Gasteiger partial charge in [-0.25, -0.2) is 14.5 Å². The number of aryl methyl sites for hydroxylation is 1. The number of thiazole rings is 1. The van der Waals surface area contributed by atoms with Crippen LogP contribution in [-0.2, 0) is 24.4 Å². The van der Waals surface area contributed by atoms with E-state index in [9.17, 15) is 4.79 Å². The summed E-state index contributed by atoms with van der Waals surface area (Å²) in [5.74, 6) is 0.0449. The lowest BCUT2D eigenvalue weighted by molar-refractivity contribution is 0.0450. The van der Waals surface area contributed by atoms with E-state index in [1.165, 1.54) is 11.3 Å². The number of carbonyl (C=O) groups excluding carboxylic acids is 1. The Morgan fingerprint density at radius 3 is 2.96 bits per heavy atom. The largest absolute Gasteiger partial charge is 0.453 e. The molecule has 0 aliphatic carbocycles. The highest BCUT2D eigenvalue weighted by Crippen LogP contribution is 2.17. The lowest BCUT2D eigenvalue weighted by Crippen LogP contribution is -2.11. The zero-order chi connectivity index (χ0) is 18.2. The van der Waals surface area contributed by atoms with Crippen molar-refractivity contribution in [1.82, 2.24) is 25.2 Å². The lowest BCUT2D eigenvalue weighted by atomic mass is 10.2. The molecule has 0 fully saturated rings. The summed E-state index contributed by atoms with van der Waals surface area (Å²) < 4.78 is 6.94. The molecule has 0 aliphatic heterocycles. The molecule has 9 heteroatoms. The number of nitrogens with zero attached hydrogens (tertiary/aromatic N) is 5. The number of benzene rings is 1. The first-order chi connectivity index (χ1) is 12.8. The van der Waals surface area contributed by atoms with Crippen LogP contribution >= 0.6 is 11.3 Å². The van der Waals surface area contributed by atoms with Gasteiger partial charge in [0.1, 0.15) is 0 Å². The zero-order valence-corrected chi connectivity index (χ0v) is 15.3. The highest BCUT2D eigenvalue weighted by molar-refractivity contribution is 7.13. The number of tetrazole rings is 1. The Labute approximate surface area is 155 Å². The maximum atomic E-state index is 12.2. The molecule has 3 aromatic rings. The molecule has 3 rings (SSSR count). The van der Waals surface area contributed by atoms with Gasteiger partial charge in [-0.2, -0.15) is 0 Å². The van der Waals surface area contributed by atoms with Crippen molar-refractivity contribution in [3.05, 3.63) is 52.8 Å². The molecule has 0 atom stereocenters. The van der Waals surface area contributed by atoms with Crippen LogP contribution in [0.2, 0.25) is 0 Å². The van der Waals surface area contributed by atoms with Gasteiger partial charge in [0.25, 0.3) is 0 Å². The number of ether oxygens (including phenoxy) is 1. The monoisotopic (exact) mass is 372 g/mol. The third-order valence-corrected chi connectivity index (χ3v) is 4.46. The van der Waals surface area contributed by atoms with Crippen LogP contribution in [-0.4, -0.2) is 31.2 Å². The summed E-state index contributed by atoms with van der Waals surface area (Å²) in [5.41, 5.74) is 1.42. The Kier molecular flexibility index (Phi) is 6.26. The van der Waals surface area contributed by atoms with Crippen LogP contribution in [0.25, 0.3) is 0 Å². The quantitative estimate of drug-likeness (QED) is 0.577. The third-order valence-electron chi connectivity index (χ3n) is 3.66. The molecule has 0 unspecified atom stereocenters. The second kappa shape index (κ2) is 9.04. The maximum Gasteiger partial charge on any atom is 0.358 e. The van der Waals surface area contributed by atoms with Crippen LogP contribution in [0.15, 0.2) is 35.7 Å². The first kappa shape index (κ1) is 18.0. The van der Waals surface area contributed by atoms with Gasteiger partial charge in [0.05, 0.1) is 0 Å². The summed E-state index contributed by atoms with van der Waals surface area (Å²) in [4.78, 5) is 16.4. The van der Waals surface area contributed by atoms with Crippen LogP contribution in [0, 0.1) is 0 Å². The first-order valence-corrected chi connectivity index (χ1v) is 9.29. The summed E-state index contributed by atoms with van der Waals surface area (Å²) in [6.07, 6.45) is 2.01.